The van der Waals surface area contributed by atoms with Gasteiger partial charge >= 0.3 is 0 Å². The lowest BCUT2D eigenvalue weighted by Crippen LogP contribution is -2.18. The van der Waals surface area contributed by atoms with Gasteiger partial charge in [0.1, 0.15) is 10.4 Å². The Morgan fingerprint density at radius 3 is 3.14 bits per heavy atom. The highest BCUT2D eigenvalue weighted by atomic mass is 79.9. The molecule has 0 fully saturated rings. The summed E-state index contributed by atoms with van der Waals surface area (Å²) in [6.07, 6.45) is 3.54. The fraction of sp³-hybridized carbons (Fsp3) is 0.700. The molecule has 1 aromatic heterocycles. The van der Waals surface area contributed by atoms with Gasteiger partial charge in [-0.3, -0.25) is 0 Å². The summed E-state index contributed by atoms with van der Waals surface area (Å²) >= 11 is 3.58. The zero-order valence-corrected chi connectivity index (χ0v) is 10.0. The van der Waals surface area contributed by atoms with E-state index in [2.05, 4.69) is 32.4 Å². The molecule has 1 aliphatic heterocycles. The van der Waals surface area contributed by atoms with E-state index in [1.807, 2.05) is 0 Å². The van der Waals surface area contributed by atoms with E-state index in [4.69, 9.17) is 5.73 Å². The Kier molecular flexibility index (Phi) is 2.93. The molecule has 3 nitrogen and oxygen atoms in total. The van der Waals surface area contributed by atoms with Gasteiger partial charge in [-0.2, -0.15) is 0 Å². The van der Waals surface area contributed by atoms with Crippen LogP contribution in [0.2, 0.25) is 0 Å². The highest BCUT2D eigenvalue weighted by Crippen LogP contribution is 2.32. The number of halogens is 1. The van der Waals surface area contributed by atoms with Crippen LogP contribution in [0.5, 0.6) is 0 Å². The Morgan fingerprint density at radius 1 is 1.64 bits per heavy atom. The van der Waals surface area contributed by atoms with Gasteiger partial charge in [-0.05, 0) is 48.7 Å². The molecule has 2 heterocycles. The summed E-state index contributed by atoms with van der Waals surface area (Å²) in [4.78, 5) is 4.61. The first kappa shape index (κ1) is 10.2. The van der Waals surface area contributed by atoms with Gasteiger partial charge in [-0.15, -0.1) is 0 Å². The average Bonchev–Trinajstić information content (AvgIpc) is 2.46. The summed E-state index contributed by atoms with van der Waals surface area (Å²) < 4.78 is 3.44. The standard InChI is InChI=1S/C10H16BrN3/c1-7-9(11)14-6-2-3-8(4-5-12)10(14)13-7/h8H,2-6,12H2,1H3. The van der Waals surface area contributed by atoms with Gasteiger partial charge < -0.3 is 10.3 Å². The molecule has 2 rings (SSSR count). The van der Waals surface area contributed by atoms with Gasteiger partial charge in [-0.1, -0.05) is 0 Å². The number of fused-ring (bicyclic) bond motifs is 1. The third-order valence-corrected chi connectivity index (χ3v) is 3.91. The molecule has 0 spiro atoms. The van der Waals surface area contributed by atoms with Crippen LogP contribution in [0.4, 0.5) is 0 Å². The second kappa shape index (κ2) is 4.03. The third-order valence-electron chi connectivity index (χ3n) is 2.91. The molecule has 0 bridgehead atoms. The molecule has 1 aromatic rings. The molecule has 0 saturated heterocycles. The van der Waals surface area contributed by atoms with E-state index in [1.54, 1.807) is 0 Å². The van der Waals surface area contributed by atoms with Crippen LogP contribution in [0.3, 0.4) is 0 Å². The fourth-order valence-electron chi connectivity index (χ4n) is 2.20. The minimum atomic E-state index is 0.568. The summed E-state index contributed by atoms with van der Waals surface area (Å²) in [7, 11) is 0. The molecule has 2 N–H and O–H groups in total. The van der Waals surface area contributed by atoms with E-state index < -0.39 is 0 Å². The van der Waals surface area contributed by atoms with E-state index >= 15 is 0 Å². The van der Waals surface area contributed by atoms with Crippen molar-refractivity contribution in [2.45, 2.75) is 38.6 Å². The Morgan fingerprint density at radius 2 is 2.43 bits per heavy atom. The molecule has 0 aliphatic carbocycles. The quantitative estimate of drug-likeness (QED) is 0.883. The summed E-state index contributed by atoms with van der Waals surface area (Å²) in [5.41, 5.74) is 6.71. The molecule has 0 radical (unpaired) electrons. The van der Waals surface area contributed by atoms with Crippen LogP contribution in [-0.4, -0.2) is 16.1 Å². The molecule has 1 unspecified atom stereocenters. The number of nitrogens with two attached hydrogens (primary N) is 1. The van der Waals surface area contributed by atoms with Crippen molar-refractivity contribution in [1.29, 1.82) is 0 Å². The van der Waals surface area contributed by atoms with Crippen molar-refractivity contribution in [3.05, 3.63) is 16.1 Å². The number of aryl methyl sites for hydroxylation is 1. The second-order valence-corrected chi connectivity index (χ2v) is 4.67. The Hall–Kier alpha value is -0.350. The molecular formula is C10H16BrN3. The van der Waals surface area contributed by atoms with Crippen molar-refractivity contribution in [3.63, 3.8) is 0 Å². The van der Waals surface area contributed by atoms with Crippen LogP contribution in [0.25, 0.3) is 0 Å². The zero-order valence-electron chi connectivity index (χ0n) is 8.46. The van der Waals surface area contributed by atoms with Crippen molar-refractivity contribution in [2.24, 2.45) is 5.73 Å². The van der Waals surface area contributed by atoms with E-state index in [0.29, 0.717) is 5.92 Å². The van der Waals surface area contributed by atoms with Gasteiger partial charge in [0.2, 0.25) is 0 Å². The molecule has 0 aromatic carbocycles. The van der Waals surface area contributed by atoms with Crippen molar-refractivity contribution in [1.82, 2.24) is 9.55 Å². The van der Waals surface area contributed by atoms with Crippen molar-refractivity contribution >= 4 is 15.9 Å². The molecule has 14 heavy (non-hydrogen) atoms. The van der Waals surface area contributed by atoms with Gasteiger partial charge in [0, 0.05) is 12.5 Å². The fourth-order valence-corrected chi connectivity index (χ4v) is 2.65. The van der Waals surface area contributed by atoms with Gasteiger partial charge in [0.25, 0.3) is 0 Å². The predicted octanol–water partition coefficient (Wildman–Crippen LogP) is 2.18. The smallest absolute Gasteiger partial charge is 0.113 e. The van der Waals surface area contributed by atoms with Gasteiger partial charge in [0.05, 0.1) is 5.69 Å². The van der Waals surface area contributed by atoms with Crippen molar-refractivity contribution in [2.75, 3.05) is 6.54 Å². The van der Waals surface area contributed by atoms with E-state index in [1.165, 1.54) is 18.7 Å². The number of nitrogens with zero attached hydrogens (tertiary/aromatic N) is 2. The maximum absolute atomic E-state index is 5.61. The Labute approximate surface area is 92.8 Å². The number of aromatic nitrogens is 2. The summed E-state index contributed by atoms with van der Waals surface area (Å²) in [6.45, 7) is 3.90. The van der Waals surface area contributed by atoms with Crippen molar-refractivity contribution in [3.8, 4) is 0 Å². The monoisotopic (exact) mass is 257 g/mol. The number of rotatable bonds is 2. The molecule has 0 saturated carbocycles. The Balaban J connectivity index is 2.34. The van der Waals surface area contributed by atoms with E-state index in [-0.39, 0.29) is 0 Å². The highest BCUT2D eigenvalue weighted by Gasteiger charge is 2.24. The minimum absolute atomic E-state index is 0.568. The normalized spacial score (nSPS) is 20.9. The zero-order chi connectivity index (χ0) is 10.1. The number of imidazole rings is 1. The summed E-state index contributed by atoms with van der Waals surface area (Å²) in [6, 6.07) is 0. The molecule has 4 heteroatoms. The lowest BCUT2D eigenvalue weighted by atomic mass is 9.96. The van der Waals surface area contributed by atoms with E-state index in [9.17, 15) is 0 Å². The van der Waals surface area contributed by atoms with Crippen LogP contribution in [-0.2, 0) is 6.54 Å². The first-order valence-corrected chi connectivity index (χ1v) is 5.96. The average molecular weight is 258 g/mol. The minimum Gasteiger partial charge on any atom is -0.330 e. The molecule has 0 amide bonds. The first-order chi connectivity index (χ1) is 6.74. The van der Waals surface area contributed by atoms with Crippen LogP contribution >= 0.6 is 15.9 Å². The summed E-state index contributed by atoms with van der Waals surface area (Å²) in [5.74, 6) is 1.80. The largest absolute Gasteiger partial charge is 0.330 e. The topological polar surface area (TPSA) is 43.8 Å². The molecular weight excluding hydrogens is 242 g/mol. The van der Waals surface area contributed by atoms with E-state index in [0.717, 1.165) is 29.8 Å². The number of hydrogen-bond donors (Lipinski definition) is 1. The Bertz CT molecular complexity index is 332. The lowest BCUT2D eigenvalue weighted by Gasteiger charge is -2.23. The third kappa shape index (κ3) is 1.61. The summed E-state index contributed by atoms with van der Waals surface area (Å²) in [5, 5.41) is 0. The van der Waals surface area contributed by atoms with Crippen molar-refractivity contribution < 1.29 is 0 Å². The number of hydrogen-bond acceptors (Lipinski definition) is 2. The van der Waals surface area contributed by atoms with Gasteiger partial charge in [0.15, 0.2) is 0 Å². The highest BCUT2D eigenvalue weighted by molar-refractivity contribution is 9.10. The molecule has 1 atom stereocenters. The lowest BCUT2D eigenvalue weighted by molar-refractivity contribution is 0.424. The molecule has 1 aliphatic rings. The predicted molar refractivity (Wildman–Crippen MR) is 60.3 cm³/mol. The van der Waals surface area contributed by atoms with Crippen LogP contribution in [0.15, 0.2) is 4.60 Å². The second-order valence-electron chi connectivity index (χ2n) is 3.91. The van der Waals surface area contributed by atoms with Crippen LogP contribution in [0.1, 0.15) is 36.7 Å². The maximum atomic E-state index is 5.61. The molecule has 78 valence electrons. The SMILES string of the molecule is Cc1nc2n(c1Br)CCCC2CCN. The van der Waals surface area contributed by atoms with Gasteiger partial charge in [-0.25, -0.2) is 4.98 Å². The van der Waals surface area contributed by atoms with Crippen LogP contribution in [0, 0.1) is 6.92 Å². The first-order valence-electron chi connectivity index (χ1n) is 5.16. The maximum Gasteiger partial charge on any atom is 0.113 e. The van der Waals surface area contributed by atoms with Crippen LogP contribution < -0.4 is 5.73 Å².